The molecule has 1 aliphatic heterocycles. The molecule has 0 saturated heterocycles. The molecule has 0 radical (unpaired) electrons. The number of nitrogens with zero attached hydrogens (tertiary/aromatic N) is 3. The molecule has 0 spiro atoms. The molecule has 9 heteroatoms. The summed E-state index contributed by atoms with van der Waals surface area (Å²) in [6, 6.07) is -0.217. The first-order valence-corrected chi connectivity index (χ1v) is 7.26. The van der Waals surface area contributed by atoms with Crippen molar-refractivity contribution in [3.05, 3.63) is 22.5 Å². The number of fused-ring (bicyclic) bond motifs is 3. The van der Waals surface area contributed by atoms with Gasteiger partial charge in [0.25, 0.3) is 5.91 Å². The fourth-order valence-corrected chi connectivity index (χ4v) is 2.65. The minimum Gasteiger partial charge on any atom is -0.369 e. The lowest BCUT2D eigenvalue weighted by molar-refractivity contribution is -0.274. The molecule has 8 nitrogen and oxygen atoms in total. The molecule has 1 atom stereocenters. The van der Waals surface area contributed by atoms with Crippen LogP contribution in [0.2, 0.25) is 5.15 Å². The Morgan fingerprint density at radius 3 is 3.23 bits per heavy atom. The molecule has 2 N–H and O–H groups in total. The molecule has 3 heterocycles. The molecule has 0 bridgehead atoms. The van der Waals surface area contributed by atoms with Gasteiger partial charge in [0, 0.05) is 12.1 Å². The molecule has 22 heavy (non-hydrogen) atoms. The number of nitrogens with one attached hydrogen (secondary N) is 2. The van der Waals surface area contributed by atoms with Crippen molar-refractivity contribution in [1.29, 1.82) is 0 Å². The average Bonchev–Trinajstić information content (AvgIpc) is 3.11. The van der Waals surface area contributed by atoms with Gasteiger partial charge in [-0.1, -0.05) is 11.6 Å². The highest BCUT2D eigenvalue weighted by Gasteiger charge is 2.23. The minimum atomic E-state index is -0.288. The van der Waals surface area contributed by atoms with E-state index in [0.717, 1.165) is 24.3 Å². The summed E-state index contributed by atoms with van der Waals surface area (Å²) in [6.45, 7) is 2.83. The van der Waals surface area contributed by atoms with Crippen molar-refractivity contribution in [2.24, 2.45) is 0 Å². The Labute approximate surface area is 131 Å². The van der Waals surface area contributed by atoms with Crippen LogP contribution in [0.5, 0.6) is 0 Å². The third-order valence-corrected chi connectivity index (χ3v) is 3.73. The molecular weight excluding hydrogens is 310 g/mol. The third kappa shape index (κ3) is 2.60. The fraction of sp³-hybridized carbons (Fsp3) is 0.462. The quantitative estimate of drug-likeness (QED) is 0.485. The second-order valence-electron chi connectivity index (χ2n) is 5.03. The van der Waals surface area contributed by atoms with Crippen molar-refractivity contribution in [2.45, 2.75) is 19.4 Å². The number of amides is 1. The van der Waals surface area contributed by atoms with E-state index in [2.05, 4.69) is 25.6 Å². The topological polar surface area (TPSA) is 89.8 Å². The summed E-state index contributed by atoms with van der Waals surface area (Å²) in [5, 5.41) is 10.6. The Hall–Kier alpha value is -1.90. The molecule has 0 aromatic carbocycles. The number of hydrogen-bond acceptors (Lipinski definition) is 6. The highest BCUT2D eigenvalue weighted by molar-refractivity contribution is 6.30. The maximum Gasteiger partial charge on any atom is 0.257 e. The molecule has 2 aromatic heterocycles. The number of aromatic nitrogens is 3. The molecule has 1 amide bonds. The summed E-state index contributed by atoms with van der Waals surface area (Å²) >= 11 is 6.20. The summed E-state index contributed by atoms with van der Waals surface area (Å²) < 4.78 is 1.61. The van der Waals surface area contributed by atoms with Crippen molar-refractivity contribution in [3.8, 4) is 0 Å². The van der Waals surface area contributed by atoms with Gasteiger partial charge in [-0.3, -0.25) is 4.79 Å². The Morgan fingerprint density at radius 1 is 1.64 bits per heavy atom. The first kappa shape index (κ1) is 15.0. The van der Waals surface area contributed by atoms with E-state index in [-0.39, 0.29) is 18.6 Å². The van der Waals surface area contributed by atoms with Crippen molar-refractivity contribution in [2.75, 3.05) is 25.6 Å². The maximum atomic E-state index is 12.3. The van der Waals surface area contributed by atoms with Gasteiger partial charge in [0.2, 0.25) is 0 Å². The summed E-state index contributed by atoms with van der Waals surface area (Å²) in [5.41, 5.74) is 1.71. The molecule has 0 saturated carbocycles. The van der Waals surface area contributed by atoms with Crippen LogP contribution in [0.3, 0.4) is 0 Å². The molecular formula is C13H16ClN5O3. The molecule has 3 rings (SSSR count). The Bertz CT molecular complexity index is 717. The summed E-state index contributed by atoms with van der Waals surface area (Å²) in [4.78, 5) is 26.0. The standard InChI is InChI=1S/C13H16ClN5O3/c1-7(6-22-21-2)17-13(20)9-5-16-19-11-8(3-4-15-11)10(14)18-12(9)19/h5,7,15H,3-4,6H2,1-2H3,(H,17,20). The van der Waals surface area contributed by atoms with Crippen LogP contribution in [0.25, 0.3) is 5.65 Å². The lowest BCUT2D eigenvalue weighted by Crippen LogP contribution is -2.35. The summed E-state index contributed by atoms with van der Waals surface area (Å²) in [7, 11) is 1.42. The van der Waals surface area contributed by atoms with E-state index in [4.69, 9.17) is 16.5 Å². The fourth-order valence-electron chi connectivity index (χ4n) is 2.38. The Morgan fingerprint density at radius 2 is 2.45 bits per heavy atom. The monoisotopic (exact) mass is 325 g/mol. The van der Waals surface area contributed by atoms with Gasteiger partial charge in [-0.05, 0) is 13.3 Å². The van der Waals surface area contributed by atoms with Crippen molar-refractivity contribution in [3.63, 3.8) is 0 Å². The first-order valence-electron chi connectivity index (χ1n) is 6.88. The largest absolute Gasteiger partial charge is 0.369 e. The number of carbonyl (C=O) groups excluding carboxylic acids is 1. The van der Waals surface area contributed by atoms with Crippen molar-refractivity contribution >= 4 is 29.0 Å². The van der Waals surface area contributed by atoms with Gasteiger partial charge >= 0.3 is 0 Å². The zero-order chi connectivity index (χ0) is 15.7. The van der Waals surface area contributed by atoms with Crippen LogP contribution in [0.1, 0.15) is 22.8 Å². The zero-order valence-electron chi connectivity index (χ0n) is 12.2. The van der Waals surface area contributed by atoms with Gasteiger partial charge in [0.1, 0.15) is 23.1 Å². The Kier molecular flexibility index (Phi) is 4.14. The number of rotatable bonds is 5. The second-order valence-corrected chi connectivity index (χ2v) is 5.38. The van der Waals surface area contributed by atoms with Gasteiger partial charge in [-0.2, -0.15) is 9.61 Å². The smallest absolute Gasteiger partial charge is 0.257 e. The van der Waals surface area contributed by atoms with E-state index in [1.54, 1.807) is 4.52 Å². The van der Waals surface area contributed by atoms with Crippen LogP contribution < -0.4 is 10.6 Å². The highest BCUT2D eigenvalue weighted by atomic mass is 35.5. The van der Waals surface area contributed by atoms with Gasteiger partial charge in [-0.15, -0.1) is 0 Å². The summed E-state index contributed by atoms with van der Waals surface area (Å²) in [6.07, 6.45) is 2.28. The first-order chi connectivity index (χ1) is 10.6. The van der Waals surface area contributed by atoms with E-state index >= 15 is 0 Å². The average molecular weight is 326 g/mol. The van der Waals surface area contributed by atoms with Crippen LogP contribution >= 0.6 is 11.6 Å². The van der Waals surface area contributed by atoms with Crippen LogP contribution in [0.15, 0.2) is 6.20 Å². The van der Waals surface area contributed by atoms with Gasteiger partial charge in [0.15, 0.2) is 5.65 Å². The van der Waals surface area contributed by atoms with Gasteiger partial charge in [-0.25, -0.2) is 14.8 Å². The van der Waals surface area contributed by atoms with Crippen LogP contribution in [-0.4, -0.2) is 46.8 Å². The van der Waals surface area contributed by atoms with E-state index in [0.29, 0.717) is 16.4 Å². The number of halogens is 1. The van der Waals surface area contributed by atoms with E-state index in [9.17, 15) is 4.79 Å². The van der Waals surface area contributed by atoms with Gasteiger partial charge in [0.05, 0.1) is 19.3 Å². The van der Waals surface area contributed by atoms with Crippen molar-refractivity contribution < 1.29 is 14.6 Å². The lowest BCUT2D eigenvalue weighted by atomic mass is 10.2. The minimum absolute atomic E-state index is 0.217. The number of hydrogen-bond donors (Lipinski definition) is 2. The molecule has 0 fully saturated rings. The molecule has 0 aliphatic carbocycles. The van der Waals surface area contributed by atoms with Gasteiger partial charge < -0.3 is 10.6 Å². The van der Waals surface area contributed by atoms with Crippen LogP contribution in [-0.2, 0) is 16.2 Å². The summed E-state index contributed by atoms with van der Waals surface area (Å²) in [5.74, 6) is 0.508. The van der Waals surface area contributed by atoms with E-state index in [1.165, 1.54) is 13.3 Å². The molecule has 2 aromatic rings. The van der Waals surface area contributed by atoms with Crippen LogP contribution in [0.4, 0.5) is 5.82 Å². The second kappa shape index (κ2) is 6.07. The predicted octanol–water partition coefficient (Wildman–Crippen LogP) is 1.05. The number of carbonyl (C=O) groups is 1. The normalized spacial score (nSPS) is 14.7. The molecule has 1 aliphatic rings. The van der Waals surface area contributed by atoms with Crippen LogP contribution in [0, 0.1) is 0 Å². The van der Waals surface area contributed by atoms with E-state index in [1.807, 2.05) is 6.92 Å². The third-order valence-electron chi connectivity index (χ3n) is 3.42. The number of anilines is 1. The van der Waals surface area contributed by atoms with Crippen molar-refractivity contribution in [1.82, 2.24) is 19.9 Å². The lowest BCUT2D eigenvalue weighted by Gasteiger charge is -2.12. The zero-order valence-corrected chi connectivity index (χ0v) is 13.0. The highest BCUT2D eigenvalue weighted by Crippen LogP contribution is 2.29. The van der Waals surface area contributed by atoms with E-state index < -0.39 is 0 Å². The Balaban J connectivity index is 1.89. The maximum absolute atomic E-state index is 12.3. The SMILES string of the molecule is COOCC(C)NC(=O)c1cnn2c3c(c(Cl)nc12)CCN3. The molecule has 1 unspecified atom stereocenters. The molecule has 118 valence electrons. The predicted molar refractivity (Wildman–Crippen MR) is 80.1 cm³/mol.